The molecule has 0 bridgehead atoms. The van der Waals surface area contributed by atoms with Crippen molar-refractivity contribution in [1.29, 1.82) is 0 Å². The fourth-order valence-corrected chi connectivity index (χ4v) is 4.27. The zero-order valence-corrected chi connectivity index (χ0v) is 17.3. The molecule has 0 spiro atoms. The van der Waals surface area contributed by atoms with Gasteiger partial charge < -0.3 is 15.0 Å². The van der Waals surface area contributed by atoms with E-state index in [2.05, 4.69) is 15.5 Å². The summed E-state index contributed by atoms with van der Waals surface area (Å²) in [6, 6.07) is 1.59. The summed E-state index contributed by atoms with van der Waals surface area (Å²) < 4.78 is 9.05. The van der Waals surface area contributed by atoms with Gasteiger partial charge in [0.25, 0.3) is 11.7 Å². The van der Waals surface area contributed by atoms with Crippen LogP contribution in [0, 0.1) is 11.8 Å². The SMILES string of the molecule is C[C@@H]1CN(C(=O)[C@@H]2CCO[C@H]2c2ccnn2C)C[C@H]1NC(=O)C(=O)c1cnn(C)c1. The third-order valence-electron chi connectivity index (χ3n) is 5.97. The molecular weight excluding hydrogens is 388 g/mol. The Balaban J connectivity index is 1.40. The quantitative estimate of drug-likeness (QED) is 0.548. The topological polar surface area (TPSA) is 111 Å². The normalized spacial score (nSPS) is 26.2. The summed E-state index contributed by atoms with van der Waals surface area (Å²) in [4.78, 5) is 39.7. The summed E-state index contributed by atoms with van der Waals surface area (Å²) in [6.45, 7) is 3.39. The molecule has 0 aliphatic carbocycles. The summed E-state index contributed by atoms with van der Waals surface area (Å²) in [5.74, 6) is -1.52. The standard InChI is InChI=1S/C20H26N6O4/c1-12-9-26(11-15(12)23-19(28)17(27)13-8-22-24(2)10-13)20(29)14-5-7-30-18(14)16-4-6-21-25(16)3/h4,6,8,10,12,14-15,18H,5,7,9,11H2,1-3H3,(H,23,28)/t12-,14-,15-,18-/m1/s1. The van der Waals surface area contributed by atoms with Gasteiger partial charge in [0.2, 0.25) is 5.91 Å². The smallest absolute Gasteiger partial charge is 0.292 e. The fraction of sp³-hybridized carbons (Fsp3) is 0.550. The van der Waals surface area contributed by atoms with E-state index in [9.17, 15) is 14.4 Å². The Bertz CT molecular complexity index is 966. The number of likely N-dealkylation sites (tertiary alicyclic amines) is 1. The Morgan fingerprint density at radius 2 is 2.00 bits per heavy atom. The minimum Gasteiger partial charge on any atom is -0.371 e. The van der Waals surface area contributed by atoms with Crippen LogP contribution in [0.2, 0.25) is 0 Å². The van der Waals surface area contributed by atoms with E-state index < -0.39 is 11.7 Å². The number of Topliss-reactive ketones (excluding diaryl/α,β-unsaturated/α-hetero) is 1. The number of aromatic nitrogens is 4. The van der Waals surface area contributed by atoms with Gasteiger partial charge in [-0.2, -0.15) is 10.2 Å². The number of carbonyl (C=O) groups excluding carboxylic acids is 3. The second-order valence-electron chi connectivity index (χ2n) is 8.10. The van der Waals surface area contributed by atoms with E-state index in [-0.39, 0.29) is 35.5 Å². The number of nitrogens with zero attached hydrogens (tertiary/aromatic N) is 5. The van der Waals surface area contributed by atoms with E-state index in [1.807, 2.05) is 20.0 Å². The van der Waals surface area contributed by atoms with Gasteiger partial charge in [-0.15, -0.1) is 0 Å². The first-order chi connectivity index (χ1) is 14.3. The highest BCUT2D eigenvalue weighted by molar-refractivity contribution is 6.42. The molecular formula is C20H26N6O4. The van der Waals surface area contributed by atoms with Crippen molar-refractivity contribution in [3.63, 3.8) is 0 Å². The van der Waals surface area contributed by atoms with Crippen molar-refractivity contribution < 1.29 is 19.1 Å². The number of carbonyl (C=O) groups is 3. The molecule has 0 aromatic carbocycles. The Hall–Kier alpha value is -3.01. The van der Waals surface area contributed by atoms with Crippen molar-refractivity contribution in [1.82, 2.24) is 29.8 Å². The van der Waals surface area contributed by atoms with Crippen LogP contribution >= 0.6 is 0 Å². The lowest BCUT2D eigenvalue weighted by Gasteiger charge is -2.24. The Kier molecular flexibility index (Phi) is 5.42. The molecule has 10 heteroatoms. The highest BCUT2D eigenvalue weighted by Gasteiger charge is 2.42. The molecule has 2 aliphatic rings. The van der Waals surface area contributed by atoms with Crippen LogP contribution in [0.15, 0.2) is 24.7 Å². The van der Waals surface area contributed by atoms with Crippen molar-refractivity contribution in [2.75, 3.05) is 19.7 Å². The number of hydrogen-bond acceptors (Lipinski definition) is 6. The molecule has 0 radical (unpaired) electrons. The van der Waals surface area contributed by atoms with Crippen LogP contribution in [0.5, 0.6) is 0 Å². The highest BCUT2D eigenvalue weighted by Crippen LogP contribution is 2.36. The number of hydrogen-bond donors (Lipinski definition) is 1. The number of amides is 2. The number of ether oxygens (including phenoxy) is 1. The van der Waals surface area contributed by atoms with Gasteiger partial charge in [0.15, 0.2) is 0 Å². The molecule has 1 N–H and O–H groups in total. The zero-order chi connectivity index (χ0) is 21.4. The average molecular weight is 414 g/mol. The van der Waals surface area contributed by atoms with Crippen LogP contribution in [0.25, 0.3) is 0 Å². The van der Waals surface area contributed by atoms with E-state index in [0.29, 0.717) is 26.1 Å². The molecule has 30 heavy (non-hydrogen) atoms. The summed E-state index contributed by atoms with van der Waals surface area (Å²) >= 11 is 0. The van der Waals surface area contributed by atoms with Crippen molar-refractivity contribution in [3.05, 3.63) is 35.9 Å². The monoisotopic (exact) mass is 414 g/mol. The molecule has 2 saturated heterocycles. The largest absolute Gasteiger partial charge is 0.371 e. The van der Waals surface area contributed by atoms with Crippen LogP contribution in [-0.4, -0.2) is 67.8 Å². The molecule has 2 aliphatic heterocycles. The molecule has 4 rings (SSSR count). The minimum absolute atomic E-state index is 0.0147. The lowest BCUT2D eigenvalue weighted by atomic mass is 9.97. The van der Waals surface area contributed by atoms with E-state index in [1.165, 1.54) is 17.1 Å². The van der Waals surface area contributed by atoms with E-state index in [1.54, 1.807) is 22.8 Å². The zero-order valence-electron chi connectivity index (χ0n) is 17.3. The molecule has 2 amide bonds. The van der Waals surface area contributed by atoms with Gasteiger partial charge in [0.1, 0.15) is 6.10 Å². The maximum Gasteiger partial charge on any atom is 0.292 e. The highest BCUT2D eigenvalue weighted by atomic mass is 16.5. The Morgan fingerprint density at radius 3 is 2.67 bits per heavy atom. The van der Waals surface area contributed by atoms with Gasteiger partial charge in [-0.1, -0.05) is 6.92 Å². The predicted molar refractivity (Wildman–Crippen MR) is 105 cm³/mol. The first-order valence-electron chi connectivity index (χ1n) is 10.1. The number of nitrogens with one attached hydrogen (secondary N) is 1. The van der Waals surface area contributed by atoms with E-state index >= 15 is 0 Å². The second-order valence-corrected chi connectivity index (χ2v) is 8.10. The Morgan fingerprint density at radius 1 is 1.20 bits per heavy atom. The number of rotatable bonds is 5. The number of ketones is 1. The van der Waals surface area contributed by atoms with Crippen LogP contribution in [0.4, 0.5) is 0 Å². The predicted octanol–water partition coefficient (Wildman–Crippen LogP) is 0.0772. The average Bonchev–Trinajstić information content (AvgIpc) is 3.49. The second kappa shape index (κ2) is 8.02. The molecule has 0 unspecified atom stereocenters. The first kappa shape index (κ1) is 20.3. The molecule has 4 atom stereocenters. The van der Waals surface area contributed by atoms with Crippen molar-refractivity contribution in [2.45, 2.75) is 25.5 Å². The number of aryl methyl sites for hydroxylation is 2. The van der Waals surface area contributed by atoms with E-state index in [0.717, 1.165) is 5.69 Å². The summed E-state index contributed by atoms with van der Waals surface area (Å²) in [7, 11) is 3.52. The molecule has 160 valence electrons. The van der Waals surface area contributed by atoms with Gasteiger partial charge in [0.05, 0.1) is 29.4 Å². The molecule has 10 nitrogen and oxygen atoms in total. The van der Waals surface area contributed by atoms with Crippen LogP contribution in [0.1, 0.15) is 35.5 Å². The molecule has 2 aromatic heterocycles. The maximum absolute atomic E-state index is 13.2. The van der Waals surface area contributed by atoms with Crippen molar-refractivity contribution >= 4 is 17.6 Å². The van der Waals surface area contributed by atoms with Crippen LogP contribution < -0.4 is 5.32 Å². The van der Waals surface area contributed by atoms with Gasteiger partial charge in [-0.3, -0.25) is 23.7 Å². The maximum atomic E-state index is 13.2. The third-order valence-corrected chi connectivity index (χ3v) is 5.97. The van der Waals surface area contributed by atoms with Gasteiger partial charge >= 0.3 is 0 Å². The van der Waals surface area contributed by atoms with Crippen molar-refractivity contribution in [3.8, 4) is 0 Å². The Labute approximate surface area is 174 Å². The summed E-state index contributed by atoms with van der Waals surface area (Å²) in [5, 5.41) is 10.9. The first-order valence-corrected chi connectivity index (χ1v) is 10.1. The van der Waals surface area contributed by atoms with Gasteiger partial charge in [-0.25, -0.2) is 0 Å². The van der Waals surface area contributed by atoms with Crippen LogP contribution in [0.3, 0.4) is 0 Å². The minimum atomic E-state index is -0.675. The molecule has 2 fully saturated rings. The lowest BCUT2D eigenvalue weighted by molar-refractivity contribution is -0.136. The van der Waals surface area contributed by atoms with Gasteiger partial charge in [0, 0.05) is 46.2 Å². The fourth-order valence-electron chi connectivity index (χ4n) is 4.27. The van der Waals surface area contributed by atoms with E-state index in [4.69, 9.17) is 4.74 Å². The lowest BCUT2D eigenvalue weighted by Crippen LogP contribution is -2.44. The molecule has 2 aromatic rings. The van der Waals surface area contributed by atoms with Crippen molar-refractivity contribution in [2.24, 2.45) is 25.9 Å². The van der Waals surface area contributed by atoms with Gasteiger partial charge in [-0.05, 0) is 18.4 Å². The third kappa shape index (κ3) is 3.74. The van der Waals surface area contributed by atoms with Crippen LogP contribution in [-0.2, 0) is 28.4 Å². The summed E-state index contributed by atoms with van der Waals surface area (Å²) in [6.07, 6.45) is 4.90. The molecule has 0 saturated carbocycles. The molecule has 4 heterocycles. The summed E-state index contributed by atoms with van der Waals surface area (Å²) in [5.41, 5.74) is 1.13.